The van der Waals surface area contributed by atoms with Crippen molar-refractivity contribution in [1.82, 2.24) is 0 Å². The molecule has 0 aliphatic carbocycles. The summed E-state index contributed by atoms with van der Waals surface area (Å²) >= 11 is 0. The average molecular weight is 270 g/mol. The van der Waals surface area contributed by atoms with Gasteiger partial charge in [-0.15, -0.1) is 0 Å². The van der Waals surface area contributed by atoms with E-state index < -0.39 is 39.8 Å². The van der Waals surface area contributed by atoms with Crippen LogP contribution < -0.4 is 0 Å². The standard InChI is InChI=1S/C8H14O8S/c9-5(6(7(10)11)8(12)13)3-1-2-4-17(14,15)16/h5-6,9H,1-4H2,(H,10,11)(H,12,13)(H,14,15,16). The molecule has 9 heteroatoms. The lowest BCUT2D eigenvalue weighted by Crippen LogP contribution is -2.35. The zero-order valence-electron chi connectivity index (χ0n) is 8.81. The number of carboxylic acids is 2. The first kappa shape index (κ1) is 15.8. The van der Waals surface area contributed by atoms with Crippen molar-refractivity contribution < 1.29 is 37.9 Å². The molecular formula is C8H14O8S. The molecule has 17 heavy (non-hydrogen) atoms. The molecule has 0 saturated carbocycles. The number of aliphatic hydroxyl groups excluding tert-OH is 1. The molecule has 0 fully saturated rings. The molecule has 1 atom stereocenters. The lowest BCUT2D eigenvalue weighted by molar-refractivity contribution is -0.160. The van der Waals surface area contributed by atoms with Crippen LogP contribution in [0.5, 0.6) is 0 Å². The van der Waals surface area contributed by atoms with Crippen LogP contribution in [0.1, 0.15) is 19.3 Å². The Hall–Kier alpha value is -1.19. The van der Waals surface area contributed by atoms with Gasteiger partial charge in [-0.1, -0.05) is 0 Å². The van der Waals surface area contributed by atoms with Gasteiger partial charge in [0.15, 0.2) is 5.92 Å². The summed E-state index contributed by atoms with van der Waals surface area (Å²) in [7, 11) is -4.09. The Balaban J connectivity index is 4.12. The molecule has 4 N–H and O–H groups in total. The summed E-state index contributed by atoms with van der Waals surface area (Å²) in [5, 5.41) is 26.4. The molecule has 100 valence electrons. The highest BCUT2D eigenvalue weighted by Crippen LogP contribution is 2.12. The second kappa shape index (κ2) is 6.52. The number of carboxylic acid groups (broad SMARTS) is 2. The van der Waals surface area contributed by atoms with Gasteiger partial charge in [-0.2, -0.15) is 8.42 Å². The Labute approximate surface area is 97.6 Å². The van der Waals surface area contributed by atoms with Crippen LogP contribution in [0.25, 0.3) is 0 Å². The number of carbonyl (C=O) groups is 2. The third kappa shape index (κ3) is 6.87. The maximum absolute atomic E-state index is 10.5. The molecule has 0 aromatic rings. The summed E-state index contributed by atoms with van der Waals surface area (Å²) < 4.78 is 29.1. The van der Waals surface area contributed by atoms with Crippen molar-refractivity contribution in [3.05, 3.63) is 0 Å². The molecule has 0 spiro atoms. The fourth-order valence-electron chi connectivity index (χ4n) is 1.24. The fourth-order valence-corrected chi connectivity index (χ4v) is 1.81. The summed E-state index contributed by atoms with van der Waals surface area (Å²) in [6, 6.07) is 0. The molecule has 0 radical (unpaired) electrons. The largest absolute Gasteiger partial charge is 0.481 e. The molecule has 0 aliphatic heterocycles. The lowest BCUT2D eigenvalue weighted by atomic mass is 9.98. The molecular weight excluding hydrogens is 256 g/mol. The van der Waals surface area contributed by atoms with Gasteiger partial charge in [-0.3, -0.25) is 14.1 Å². The highest BCUT2D eigenvalue weighted by Gasteiger charge is 2.33. The molecule has 8 nitrogen and oxygen atoms in total. The normalized spacial score (nSPS) is 13.6. The Kier molecular flexibility index (Phi) is 6.07. The van der Waals surface area contributed by atoms with Crippen LogP contribution in [-0.4, -0.2) is 52.1 Å². The molecule has 0 aromatic heterocycles. The minimum atomic E-state index is -4.09. The third-order valence-electron chi connectivity index (χ3n) is 2.07. The minimum Gasteiger partial charge on any atom is -0.481 e. The van der Waals surface area contributed by atoms with Crippen molar-refractivity contribution >= 4 is 22.1 Å². The van der Waals surface area contributed by atoms with Gasteiger partial charge < -0.3 is 15.3 Å². The van der Waals surface area contributed by atoms with Crippen molar-refractivity contribution in [2.75, 3.05) is 5.75 Å². The smallest absolute Gasteiger partial charge is 0.320 e. The van der Waals surface area contributed by atoms with Gasteiger partial charge in [0.1, 0.15) is 0 Å². The Morgan fingerprint density at radius 3 is 1.88 bits per heavy atom. The Bertz CT molecular complexity index is 359. The van der Waals surface area contributed by atoms with E-state index in [1.54, 1.807) is 0 Å². The zero-order valence-corrected chi connectivity index (χ0v) is 9.63. The molecule has 0 rings (SSSR count). The maximum Gasteiger partial charge on any atom is 0.320 e. The highest BCUT2D eigenvalue weighted by atomic mass is 32.2. The summed E-state index contributed by atoms with van der Waals surface area (Å²) in [6.45, 7) is 0. The van der Waals surface area contributed by atoms with E-state index in [-0.39, 0.29) is 19.3 Å². The summed E-state index contributed by atoms with van der Waals surface area (Å²) in [5.74, 6) is -5.75. The van der Waals surface area contributed by atoms with Crippen LogP contribution in [0, 0.1) is 5.92 Å². The molecule has 0 aliphatic rings. The van der Waals surface area contributed by atoms with E-state index in [2.05, 4.69) is 0 Å². The van der Waals surface area contributed by atoms with Crippen molar-refractivity contribution in [3.8, 4) is 0 Å². The van der Waals surface area contributed by atoms with Gasteiger partial charge in [0.25, 0.3) is 10.1 Å². The molecule has 0 aromatic carbocycles. The number of aliphatic hydroxyl groups is 1. The predicted octanol–water partition coefficient (Wildman–Crippen LogP) is -0.809. The van der Waals surface area contributed by atoms with Crippen LogP contribution >= 0.6 is 0 Å². The van der Waals surface area contributed by atoms with Crippen LogP contribution in [0.4, 0.5) is 0 Å². The first-order valence-electron chi connectivity index (χ1n) is 4.74. The first-order valence-corrected chi connectivity index (χ1v) is 6.35. The van der Waals surface area contributed by atoms with E-state index in [1.165, 1.54) is 0 Å². The molecule has 0 saturated heterocycles. The van der Waals surface area contributed by atoms with Crippen molar-refractivity contribution in [2.45, 2.75) is 25.4 Å². The summed E-state index contributed by atoms with van der Waals surface area (Å²) in [4.78, 5) is 21.0. The van der Waals surface area contributed by atoms with Gasteiger partial charge >= 0.3 is 11.9 Å². The second-order valence-corrected chi connectivity index (χ2v) is 5.08. The van der Waals surface area contributed by atoms with E-state index in [0.717, 1.165) is 0 Å². The number of hydrogen-bond donors (Lipinski definition) is 4. The number of rotatable bonds is 8. The predicted molar refractivity (Wildman–Crippen MR) is 55.0 cm³/mol. The minimum absolute atomic E-state index is 0.0157. The summed E-state index contributed by atoms with van der Waals surface area (Å²) in [6.07, 6.45) is -1.65. The SMILES string of the molecule is O=C(O)C(C(=O)O)C(O)CCCCS(=O)(=O)O. The van der Waals surface area contributed by atoms with Gasteiger partial charge in [0.05, 0.1) is 11.9 Å². The van der Waals surface area contributed by atoms with Crippen LogP contribution in [0.2, 0.25) is 0 Å². The van der Waals surface area contributed by atoms with E-state index in [4.69, 9.17) is 14.8 Å². The lowest BCUT2D eigenvalue weighted by Gasteiger charge is -2.14. The number of unbranched alkanes of at least 4 members (excludes halogenated alkanes) is 1. The number of hydrogen-bond acceptors (Lipinski definition) is 5. The molecule has 1 unspecified atom stereocenters. The highest BCUT2D eigenvalue weighted by molar-refractivity contribution is 7.85. The molecule has 0 heterocycles. The third-order valence-corrected chi connectivity index (χ3v) is 2.87. The molecule has 0 bridgehead atoms. The van der Waals surface area contributed by atoms with Crippen LogP contribution in [-0.2, 0) is 19.7 Å². The van der Waals surface area contributed by atoms with E-state index >= 15 is 0 Å². The van der Waals surface area contributed by atoms with Crippen molar-refractivity contribution in [3.63, 3.8) is 0 Å². The van der Waals surface area contributed by atoms with Crippen molar-refractivity contribution in [1.29, 1.82) is 0 Å². The number of aliphatic carboxylic acids is 2. The van der Waals surface area contributed by atoms with Crippen molar-refractivity contribution in [2.24, 2.45) is 5.92 Å². The van der Waals surface area contributed by atoms with Crippen LogP contribution in [0.15, 0.2) is 0 Å². The first-order chi connectivity index (χ1) is 7.65. The summed E-state index contributed by atoms with van der Waals surface area (Å²) in [5.41, 5.74) is 0. The Morgan fingerprint density at radius 2 is 1.53 bits per heavy atom. The zero-order chi connectivity index (χ0) is 13.6. The van der Waals surface area contributed by atoms with Gasteiger partial charge in [0, 0.05) is 0 Å². The van der Waals surface area contributed by atoms with E-state index in [1.807, 2.05) is 0 Å². The topological polar surface area (TPSA) is 149 Å². The Morgan fingerprint density at radius 1 is 1.06 bits per heavy atom. The second-order valence-electron chi connectivity index (χ2n) is 3.50. The maximum atomic E-state index is 10.5. The average Bonchev–Trinajstić information content (AvgIpc) is 2.09. The molecule has 0 amide bonds. The quantitative estimate of drug-likeness (QED) is 0.254. The van der Waals surface area contributed by atoms with E-state index in [0.29, 0.717) is 0 Å². The fraction of sp³-hybridized carbons (Fsp3) is 0.750. The monoisotopic (exact) mass is 270 g/mol. The van der Waals surface area contributed by atoms with E-state index in [9.17, 15) is 23.1 Å². The van der Waals surface area contributed by atoms with Gasteiger partial charge in [-0.05, 0) is 19.3 Å². The van der Waals surface area contributed by atoms with Gasteiger partial charge in [-0.25, -0.2) is 0 Å². The van der Waals surface area contributed by atoms with Crippen LogP contribution in [0.3, 0.4) is 0 Å². The van der Waals surface area contributed by atoms with Gasteiger partial charge in [0.2, 0.25) is 0 Å².